The fourth-order valence-electron chi connectivity index (χ4n) is 2.80. The topological polar surface area (TPSA) is 65.8 Å². The van der Waals surface area contributed by atoms with E-state index in [0.29, 0.717) is 5.58 Å². The molecule has 2 heterocycles. The molecule has 114 valence electrons. The summed E-state index contributed by atoms with van der Waals surface area (Å²) in [6.45, 7) is 0. The minimum atomic E-state index is -0.367. The van der Waals surface area contributed by atoms with Crippen LogP contribution >= 0.6 is 0 Å². The standard InChI is InChI=1S/C17H14N4O2/c1-20-14-8-7-13(9-15(14)23-17(20)22)16(21-11-18-10-19-21)12-5-3-2-4-6-12/h2-11,16H,1H3. The van der Waals surface area contributed by atoms with E-state index in [1.54, 1.807) is 18.1 Å². The molecule has 1 atom stereocenters. The van der Waals surface area contributed by atoms with E-state index in [1.807, 2.05) is 48.5 Å². The highest BCUT2D eigenvalue weighted by atomic mass is 16.4. The molecule has 0 radical (unpaired) electrons. The molecule has 2 aromatic heterocycles. The average molecular weight is 306 g/mol. The Bertz CT molecular complexity index is 1000. The Kier molecular flexibility index (Phi) is 3.08. The number of aryl methyl sites for hydroxylation is 1. The monoisotopic (exact) mass is 306 g/mol. The van der Waals surface area contributed by atoms with Gasteiger partial charge in [-0.1, -0.05) is 36.4 Å². The van der Waals surface area contributed by atoms with Crippen molar-refractivity contribution in [1.29, 1.82) is 0 Å². The molecule has 1 unspecified atom stereocenters. The van der Waals surface area contributed by atoms with E-state index in [9.17, 15) is 4.79 Å². The van der Waals surface area contributed by atoms with Gasteiger partial charge in [-0.25, -0.2) is 14.5 Å². The molecule has 0 saturated heterocycles. The van der Waals surface area contributed by atoms with Gasteiger partial charge in [-0.3, -0.25) is 4.57 Å². The van der Waals surface area contributed by atoms with Crippen molar-refractivity contribution in [1.82, 2.24) is 19.3 Å². The minimum Gasteiger partial charge on any atom is -0.408 e. The van der Waals surface area contributed by atoms with E-state index in [1.165, 1.54) is 10.9 Å². The second-order valence-corrected chi connectivity index (χ2v) is 5.34. The van der Waals surface area contributed by atoms with Gasteiger partial charge in [-0.2, -0.15) is 5.10 Å². The number of hydrogen-bond donors (Lipinski definition) is 0. The number of oxazole rings is 1. The Morgan fingerprint density at radius 3 is 2.65 bits per heavy atom. The van der Waals surface area contributed by atoms with Gasteiger partial charge in [0.2, 0.25) is 0 Å². The van der Waals surface area contributed by atoms with Crippen LogP contribution in [0.15, 0.2) is 70.4 Å². The lowest BCUT2D eigenvalue weighted by Gasteiger charge is -2.18. The largest absolute Gasteiger partial charge is 0.419 e. The van der Waals surface area contributed by atoms with Crippen molar-refractivity contribution < 1.29 is 4.42 Å². The number of aromatic nitrogens is 4. The Morgan fingerprint density at radius 1 is 1.09 bits per heavy atom. The molecule has 0 aliphatic carbocycles. The molecule has 0 N–H and O–H groups in total. The van der Waals surface area contributed by atoms with E-state index in [0.717, 1.165) is 16.6 Å². The Balaban J connectivity index is 1.91. The fourth-order valence-corrected chi connectivity index (χ4v) is 2.80. The molecule has 0 bridgehead atoms. The van der Waals surface area contributed by atoms with Crippen molar-refractivity contribution in [2.45, 2.75) is 6.04 Å². The molecular weight excluding hydrogens is 292 g/mol. The first-order valence-corrected chi connectivity index (χ1v) is 7.22. The lowest BCUT2D eigenvalue weighted by atomic mass is 9.98. The van der Waals surface area contributed by atoms with Crippen LogP contribution in [0.1, 0.15) is 17.2 Å². The highest BCUT2D eigenvalue weighted by Gasteiger charge is 2.18. The molecule has 0 spiro atoms. The van der Waals surface area contributed by atoms with E-state index in [-0.39, 0.29) is 11.8 Å². The Labute approximate surface area is 131 Å². The quantitative estimate of drug-likeness (QED) is 0.583. The zero-order chi connectivity index (χ0) is 15.8. The van der Waals surface area contributed by atoms with Gasteiger partial charge in [0.25, 0.3) is 0 Å². The SMILES string of the molecule is Cn1c(=O)oc2cc(C(c3ccccc3)n3cncn3)ccc21. The highest BCUT2D eigenvalue weighted by molar-refractivity contribution is 5.74. The molecule has 0 saturated carbocycles. The molecule has 6 nitrogen and oxygen atoms in total. The zero-order valence-corrected chi connectivity index (χ0v) is 12.5. The molecule has 2 aromatic carbocycles. The average Bonchev–Trinajstić information content (AvgIpc) is 3.18. The van der Waals surface area contributed by atoms with Gasteiger partial charge in [0, 0.05) is 7.05 Å². The van der Waals surface area contributed by atoms with Gasteiger partial charge >= 0.3 is 5.76 Å². The minimum absolute atomic E-state index is 0.131. The first-order valence-electron chi connectivity index (χ1n) is 7.22. The number of nitrogens with zero attached hydrogens (tertiary/aromatic N) is 4. The van der Waals surface area contributed by atoms with Crippen molar-refractivity contribution in [3.8, 4) is 0 Å². The summed E-state index contributed by atoms with van der Waals surface area (Å²) >= 11 is 0. The number of rotatable bonds is 3. The zero-order valence-electron chi connectivity index (χ0n) is 12.5. The van der Waals surface area contributed by atoms with Crippen molar-refractivity contribution >= 4 is 11.1 Å². The Hall–Kier alpha value is -3.15. The molecule has 0 aliphatic heterocycles. The number of hydrogen-bond acceptors (Lipinski definition) is 4. The second-order valence-electron chi connectivity index (χ2n) is 5.34. The maximum absolute atomic E-state index is 11.7. The molecule has 23 heavy (non-hydrogen) atoms. The van der Waals surface area contributed by atoms with Gasteiger partial charge < -0.3 is 4.42 Å². The van der Waals surface area contributed by atoms with Crippen LogP contribution in [-0.4, -0.2) is 19.3 Å². The maximum atomic E-state index is 11.7. The maximum Gasteiger partial charge on any atom is 0.419 e. The summed E-state index contributed by atoms with van der Waals surface area (Å²) in [6, 6.07) is 15.7. The van der Waals surface area contributed by atoms with Crippen LogP contribution in [0.2, 0.25) is 0 Å². The molecule has 4 aromatic rings. The molecule has 0 amide bonds. The lowest BCUT2D eigenvalue weighted by molar-refractivity contribution is 0.527. The van der Waals surface area contributed by atoms with Crippen LogP contribution < -0.4 is 5.76 Å². The summed E-state index contributed by atoms with van der Waals surface area (Å²) in [5.41, 5.74) is 3.39. The predicted octanol–water partition coefficient (Wildman–Crippen LogP) is 2.36. The molecule has 0 fully saturated rings. The molecule has 6 heteroatoms. The summed E-state index contributed by atoms with van der Waals surface area (Å²) in [5, 5.41) is 4.28. The van der Waals surface area contributed by atoms with Crippen molar-refractivity contribution in [2.24, 2.45) is 7.05 Å². The second kappa shape index (κ2) is 5.24. The first kappa shape index (κ1) is 13.5. The van der Waals surface area contributed by atoms with E-state index in [4.69, 9.17) is 4.42 Å². The lowest BCUT2D eigenvalue weighted by Crippen LogP contribution is -2.12. The normalized spacial score (nSPS) is 12.6. The fraction of sp³-hybridized carbons (Fsp3) is 0.118. The van der Waals surface area contributed by atoms with Crippen molar-refractivity contribution in [3.63, 3.8) is 0 Å². The van der Waals surface area contributed by atoms with Gasteiger partial charge in [0.1, 0.15) is 18.7 Å². The first-order chi connectivity index (χ1) is 11.2. The predicted molar refractivity (Wildman–Crippen MR) is 85.2 cm³/mol. The van der Waals surface area contributed by atoms with E-state index >= 15 is 0 Å². The van der Waals surface area contributed by atoms with Crippen LogP contribution in [0.25, 0.3) is 11.1 Å². The van der Waals surface area contributed by atoms with Gasteiger partial charge in [-0.05, 0) is 23.3 Å². The molecule has 0 aliphatic rings. The van der Waals surface area contributed by atoms with E-state index < -0.39 is 0 Å². The van der Waals surface area contributed by atoms with Gasteiger partial charge in [0.05, 0.1) is 5.52 Å². The third-order valence-electron chi connectivity index (χ3n) is 3.95. The number of benzene rings is 2. The van der Waals surface area contributed by atoms with Crippen LogP contribution in [0, 0.1) is 0 Å². The molecule has 4 rings (SSSR count). The van der Waals surface area contributed by atoms with Gasteiger partial charge in [0.15, 0.2) is 5.58 Å². The third-order valence-corrected chi connectivity index (χ3v) is 3.95. The summed E-state index contributed by atoms with van der Waals surface area (Å²) in [6.07, 6.45) is 3.19. The number of fused-ring (bicyclic) bond motifs is 1. The summed E-state index contributed by atoms with van der Waals surface area (Å²) in [4.78, 5) is 15.7. The molecular formula is C17H14N4O2. The Morgan fingerprint density at radius 2 is 1.91 bits per heavy atom. The van der Waals surface area contributed by atoms with Crippen LogP contribution in [0.3, 0.4) is 0 Å². The van der Waals surface area contributed by atoms with Crippen LogP contribution in [0.5, 0.6) is 0 Å². The van der Waals surface area contributed by atoms with Crippen LogP contribution in [-0.2, 0) is 7.05 Å². The van der Waals surface area contributed by atoms with Crippen LogP contribution in [0.4, 0.5) is 0 Å². The third kappa shape index (κ3) is 2.24. The van der Waals surface area contributed by atoms with Crippen molar-refractivity contribution in [3.05, 3.63) is 82.9 Å². The van der Waals surface area contributed by atoms with E-state index in [2.05, 4.69) is 10.1 Å². The summed E-state index contributed by atoms with van der Waals surface area (Å²) in [5.74, 6) is -0.367. The summed E-state index contributed by atoms with van der Waals surface area (Å²) < 4.78 is 8.59. The summed E-state index contributed by atoms with van der Waals surface area (Å²) in [7, 11) is 1.69. The highest BCUT2D eigenvalue weighted by Crippen LogP contribution is 2.28. The smallest absolute Gasteiger partial charge is 0.408 e. The van der Waals surface area contributed by atoms with Gasteiger partial charge in [-0.15, -0.1) is 0 Å². The van der Waals surface area contributed by atoms with Crippen molar-refractivity contribution in [2.75, 3.05) is 0 Å².